The molecule has 2 heterocycles. The molecule has 156 valence electrons. The Hall–Kier alpha value is -2.72. The lowest BCUT2D eigenvalue weighted by Crippen LogP contribution is -2.33. The highest BCUT2D eigenvalue weighted by Crippen LogP contribution is 2.58. The van der Waals surface area contributed by atoms with Gasteiger partial charge in [-0.2, -0.15) is 13.2 Å². The van der Waals surface area contributed by atoms with Crippen molar-refractivity contribution in [2.24, 2.45) is 0 Å². The number of hydrogen-bond donors (Lipinski definition) is 2. The predicted molar refractivity (Wildman–Crippen MR) is 89.2 cm³/mol. The number of nitrogens with zero attached hydrogens (tertiary/aromatic N) is 3. The Morgan fingerprint density at radius 2 is 1.93 bits per heavy atom. The van der Waals surface area contributed by atoms with Crippen molar-refractivity contribution in [3.05, 3.63) is 47.0 Å². The van der Waals surface area contributed by atoms with E-state index in [9.17, 15) is 26.7 Å². The average Bonchev–Trinajstić information content (AvgIpc) is 3.38. The zero-order chi connectivity index (χ0) is 21.0. The highest BCUT2D eigenvalue weighted by Gasteiger charge is 2.67. The number of amides is 1. The van der Waals surface area contributed by atoms with Crippen molar-refractivity contribution in [1.29, 1.82) is 0 Å². The summed E-state index contributed by atoms with van der Waals surface area (Å²) in [6.45, 7) is -0.104. The highest BCUT2D eigenvalue weighted by atomic mass is 19.4. The second-order valence-corrected chi connectivity index (χ2v) is 7.49. The number of hydrogen-bond acceptors (Lipinski definition) is 3. The van der Waals surface area contributed by atoms with Gasteiger partial charge >= 0.3 is 12.3 Å². The second-order valence-electron chi connectivity index (χ2n) is 7.49. The summed E-state index contributed by atoms with van der Waals surface area (Å²) < 4.78 is 70.3. The monoisotopic (exact) mass is 416 g/mol. The second kappa shape index (κ2) is 6.67. The molecule has 1 aromatic heterocycles. The highest BCUT2D eigenvalue weighted by molar-refractivity contribution is 5.65. The summed E-state index contributed by atoms with van der Waals surface area (Å²) in [5, 5.41) is 19.0. The molecule has 2 atom stereocenters. The Bertz CT molecular complexity index is 954. The van der Waals surface area contributed by atoms with E-state index in [0.717, 1.165) is 6.07 Å². The zero-order valence-electron chi connectivity index (χ0n) is 15.0. The van der Waals surface area contributed by atoms with Gasteiger partial charge in [0.1, 0.15) is 11.2 Å². The summed E-state index contributed by atoms with van der Waals surface area (Å²) in [7, 11) is 0. The normalized spacial score (nSPS) is 23.2. The maximum Gasteiger partial charge on any atom is 0.405 e. The standard InChI is InChI=1S/C18H17F5N4O2/c19-11-3-1-2-10(13(11)20)9-4-5-12(24-16(28)29)14-25-26-15(27(14)8-9)17(6-7-17)18(21,22)23/h1-3,9,12,24H,4-8H2,(H,28,29)/t9-,12-/m1/s1. The van der Waals surface area contributed by atoms with E-state index in [1.54, 1.807) is 0 Å². The van der Waals surface area contributed by atoms with Gasteiger partial charge in [-0.05, 0) is 37.3 Å². The number of carbonyl (C=O) groups is 1. The number of fused-ring (bicyclic) bond motifs is 1. The van der Waals surface area contributed by atoms with E-state index in [1.807, 2.05) is 0 Å². The van der Waals surface area contributed by atoms with Crippen LogP contribution in [-0.2, 0) is 12.0 Å². The van der Waals surface area contributed by atoms with E-state index in [4.69, 9.17) is 5.11 Å². The first kappa shape index (κ1) is 19.6. The Kier molecular flexibility index (Phi) is 4.50. The van der Waals surface area contributed by atoms with Crippen molar-refractivity contribution in [2.75, 3.05) is 0 Å². The third-order valence-electron chi connectivity index (χ3n) is 5.74. The molecule has 1 aliphatic heterocycles. The molecule has 1 fully saturated rings. The molecular weight excluding hydrogens is 399 g/mol. The van der Waals surface area contributed by atoms with Crippen LogP contribution < -0.4 is 5.32 Å². The van der Waals surface area contributed by atoms with Crippen molar-refractivity contribution >= 4 is 6.09 Å². The van der Waals surface area contributed by atoms with Crippen LogP contribution in [0, 0.1) is 11.6 Å². The third-order valence-corrected chi connectivity index (χ3v) is 5.74. The lowest BCUT2D eigenvalue weighted by atomic mass is 9.92. The molecule has 2 aliphatic rings. The van der Waals surface area contributed by atoms with Gasteiger partial charge in [-0.3, -0.25) is 0 Å². The number of carboxylic acid groups (broad SMARTS) is 1. The molecule has 29 heavy (non-hydrogen) atoms. The summed E-state index contributed by atoms with van der Waals surface area (Å²) >= 11 is 0. The minimum Gasteiger partial charge on any atom is -0.465 e. The van der Waals surface area contributed by atoms with Crippen LogP contribution in [-0.4, -0.2) is 32.1 Å². The summed E-state index contributed by atoms with van der Waals surface area (Å²) in [5.74, 6) is -3.03. The van der Waals surface area contributed by atoms with Gasteiger partial charge in [0.25, 0.3) is 0 Å². The number of alkyl halides is 3. The largest absolute Gasteiger partial charge is 0.465 e. The Balaban J connectivity index is 1.80. The average molecular weight is 416 g/mol. The molecule has 0 bridgehead atoms. The lowest BCUT2D eigenvalue weighted by molar-refractivity contribution is -0.163. The van der Waals surface area contributed by atoms with Gasteiger partial charge in [-0.25, -0.2) is 13.6 Å². The fourth-order valence-corrected chi connectivity index (χ4v) is 4.05. The minimum atomic E-state index is -4.54. The maximum absolute atomic E-state index is 14.4. The summed E-state index contributed by atoms with van der Waals surface area (Å²) in [4.78, 5) is 11.2. The van der Waals surface area contributed by atoms with Gasteiger partial charge in [0.2, 0.25) is 0 Å². The predicted octanol–water partition coefficient (Wildman–Crippen LogP) is 4.04. The Morgan fingerprint density at radius 3 is 2.55 bits per heavy atom. The van der Waals surface area contributed by atoms with Gasteiger partial charge in [-0.15, -0.1) is 10.2 Å². The van der Waals surface area contributed by atoms with Gasteiger partial charge in [-0.1, -0.05) is 12.1 Å². The van der Waals surface area contributed by atoms with Gasteiger partial charge in [0.05, 0.1) is 6.04 Å². The SMILES string of the molecule is O=C(O)N[C@@H]1CC[C@@H](c2cccc(F)c2F)Cn2c1nnc2C1(C(F)(F)F)CC1. The van der Waals surface area contributed by atoms with E-state index < -0.39 is 41.3 Å². The van der Waals surface area contributed by atoms with Crippen molar-refractivity contribution in [3.8, 4) is 0 Å². The van der Waals surface area contributed by atoms with Crippen LogP contribution in [0.15, 0.2) is 18.2 Å². The number of halogens is 5. The van der Waals surface area contributed by atoms with Crippen LogP contribution in [0.25, 0.3) is 0 Å². The van der Waals surface area contributed by atoms with Crippen molar-refractivity contribution < 1.29 is 31.9 Å². The summed E-state index contributed by atoms with van der Waals surface area (Å²) in [6.07, 6.45) is -5.82. The topological polar surface area (TPSA) is 80.0 Å². The van der Waals surface area contributed by atoms with Crippen molar-refractivity contribution in [2.45, 2.75) is 55.8 Å². The Labute approximate surface area is 161 Å². The lowest BCUT2D eigenvalue weighted by Gasteiger charge is -2.22. The van der Waals surface area contributed by atoms with Crippen molar-refractivity contribution in [1.82, 2.24) is 20.1 Å². The molecule has 1 aromatic carbocycles. The zero-order valence-corrected chi connectivity index (χ0v) is 15.0. The quantitative estimate of drug-likeness (QED) is 0.741. The number of nitrogens with one attached hydrogen (secondary N) is 1. The molecule has 0 saturated heterocycles. The number of rotatable bonds is 3. The first-order chi connectivity index (χ1) is 13.6. The molecule has 0 radical (unpaired) electrons. The molecule has 11 heteroatoms. The third kappa shape index (κ3) is 3.22. The van der Waals surface area contributed by atoms with Gasteiger partial charge in [0, 0.05) is 12.5 Å². The molecule has 1 amide bonds. The van der Waals surface area contributed by atoms with E-state index in [1.165, 1.54) is 16.7 Å². The molecule has 2 aromatic rings. The van der Waals surface area contributed by atoms with E-state index >= 15 is 0 Å². The molecule has 2 N–H and O–H groups in total. The molecule has 1 aliphatic carbocycles. The van der Waals surface area contributed by atoms with Gasteiger partial charge < -0.3 is 15.0 Å². The smallest absolute Gasteiger partial charge is 0.405 e. The van der Waals surface area contributed by atoms with Crippen LogP contribution in [0.2, 0.25) is 0 Å². The molecular formula is C18H17F5N4O2. The molecule has 0 spiro atoms. The van der Waals surface area contributed by atoms with Crippen LogP contribution in [0.3, 0.4) is 0 Å². The minimum absolute atomic E-state index is 0.0310. The summed E-state index contributed by atoms with van der Waals surface area (Å²) in [5.41, 5.74) is -2.11. The van der Waals surface area contributed by atoms with E-state index in [0.29, 0.717) is 0 Å². The molecule has 6 nitrogen and oxygen atoms in total. The maximum atomic E-state index is 14.4. The van der Waals surface area contributed by atoms with Crippen LogP contribution >= 0.6 is 0 Å². The van der Waals surface area contributed by atoms with Crippen LogP contribution in [0.1, 0.15) is 54.9 Å². The van der Waals surface area contributed by atoms with Gasteiger partial charge in [0.15, 0.2) is 17.5 Å². The van der Waals surface area contributed by atoms with Crippen molar-refractivity contribution in [3.63, 3.8) is 0 Å². The van der Waals surface area contributed by atoms with Crippen LogP contribution in [0.5, 0.6) is 0 Å². The first-order valence-electron chi connectivity index (χ1n) is 9.08. The fourth-order valence-electron chi connectivity index (χ4n) is 4.05. The molecule has 4 rings (SSSR count). The van der Waals surface area contributed by atoms with E-state index in [-0.39, 0.29) is 49.4 Å². The first-order valence-corrected chi connectivity index (χ1v) is 9.08. The van der Waals surface area contributed by atoms with Crippen LogP contribution in [0.4, 0.5) is 26.7 Å². The summed E-state index contributed by atoms with van der Waals surface area (Å²) in [6, 6.07) is 2.77. The number of benzene rings is 1. The molecule has 0 unspecified atom stereocenters. The fraction of sp³-hybridized carbons (Fsp3) is 0.500. The Morgan fingerprint density at radius 1 is 1.21 bits per heavy atom. The van der Waals surface area contributed by atoms with E-state index in [2.05, 4.69) is 15.5 Å². The molecule has 1 saturated carbocycles. The number of aromatic nitrogens is 3.